The van der Waals surface area contributed by atoms with Crippen molar-refractivity contribution in [1.82, 2.24) is 0 Å². The maximum atomic E-state index is 7.96. The van der Waals surface area contributed by atoms with Crippen LogP contribution in [0, 0.1) is 34.8 Å². The molecule has 208 valence electrons. The molecular formula is C36H50OSi2. The van der Waals surface area contributed by atoms with Crippen LogP contribution < -0.4 is 0 Å². The maximum absolute atomic E-state index is 7.96. The van der Waals surface area contributed by atoms with Crippen molar-refractivity contribution in [2.75, 3.05) is 0 Å². The van der Waals surface area contributed by atoms with Crippen LogP contribution in [0.2, 0.25) is 39.3 Å². The number of hydrogen-bond donors (Lipinski definition) is 0. The Hall–Kier alpha value is -2.05. The van der Waals surface area contributed by atoms with E-state index in [2.05, 4.69) is 123 Å². The molecule has 1 nitrogen and oxygen atoms in total. The second-order valence-corrected chi connectivity index (χ2v) is 23.5. The quantitative estimate of drug-likeness (QED) is 0.255. The van der Waals surface area contributed by atoms with Crippen molar-refractivity contribution >= 4 is 16.1 Å². The number of benzene rings is 2. The molecule has 2 aliphatic carbocycles. The lowest BCUT2D eigenvalue weighted by atomic mass is 9.70. The van der Waals surface area contributed by atoms with Crippen molar-refractivity contribution in [3.8, 4) is 22.9 Å². The molecule has 0 spiro atoms. The van der Waals surface area contributed by atoms with Crippen molar-refractivity contribution in [2.24, 2.45) is 11.8 Å². The Morgan fingerprint density at radius 2 is 0.872 bits per heavy atom. The van der Waals surface area contributed by atoms with E-state index in [1.807, 2.05) is 0 Å². The van der Waals surface area contributed by atoms with E-state index in [0.29, 0.717) is 11.8 Å². The Morgan fingerprint density at radius 1 is 0.538 bits per heavy atom. The van der Waals surface area contributed by atoms with Crippen LogP contribution in [0.5, 0.6) is 0 Å². The summed E-state index contributed by atoms with van der Waals surface area (Å²) < 4.78 is 7.96. The Balaban J connectivity index is 2.04. The number of rotatable bonds is 6. The Labute approximate surface area is 241 Å². The van der Waals surface area contributed by atoms with E-state index in [-0.39, 0.29) is 0 Å². The fraction of sp³-hybridized carbons (Fsp3) is 0.556. The Bertz CT molecular complexity index is 1080. The van der Waals surface area contributed by atoms with Gasteiger partial charge < -0.3 is 4.74 Å². The Kier molecular flexibility index (Phi) is 9.70. The van der Waals surface area contributed by atoms with Crippen LogP contribution in [0.15, 0.2) is 60.7 Å². The topological polar surface area (TPSA) is 9.23 Å². The second kappa shape index (κ2) is 12.6. The van der Waals surface area contributed by atoms with Gasteiger partial charge in [0.1, 0.15) is 16.1 Å². The third kappa shape index (κ3) is 7.58. The molecule has 0 N–H and O–H groups in total. The van der Waals surface area contributed by atoms with Gasteiger partial charge in [0.05, 0.1) is 0 Å². The Morgan fingerprint density at radius 3 is 1.18 bits per heavy atom. The average molecular weight is 555 g/mol. The lowest BCUT2D eigenvalue weighted by Gasteiger charge is -2.48. The summed E-state index contributed by atoms with van der Waals surface area (Å²) in [5.41, 5.74) is 8.74. The molecular weight excluding hydrogens is 505 g/mol. The molecule has 2 aromatic rings. The van der Waals surface area contributed by atoms with Crippen molar-refractivity contribution in [2.45, 2.75) is 115 Å². The highest BCUT2D eigenvalue weighted by atomic mass is 28.3. The highest BCUT2D eigenvalue weighted by Crippen LogP contribution is 2.51. The molecule has 0 amide bonds. The molecule has 0 aliphatic heterocycles. The SMILES string of the molecule is C[Si](C)(C)C#CC(OC(C#C[Si](C)(C)C)(c1ccccc1)C1CCCCC1)(c1ccccc1)C1CCCCC1. The van der Waals surface area contributed by atoms with E-state index in [1.54, 1.807) is 0 Å². The summed E-state index contributed by atoms with van der Waals surface area (Å²) in [6.07, 6.45) is 12.3. The highest BCUT2D eigenvalue weighted by Gasteiger charge is 2.51. The van der Waals surface area contributed by atoms with Crippen LogP contribution in [0.4, 0.5) is 0 Å². The predicted molar refractivity (Wildman–Crippen MR) is 173 cm³/mol. The molecule has 3 heteroatoms. The molecule has 2 aliphatic rings. The third-order valence-electron chi connectivity index (χ3n) is 8.33. The van der Waals surface area contributed by atoms with Crippen LogP contribution in [0.1, 0.15) is 75.3 Å². The highest BCUT2D eigenvalue weighted by molar-refractivity contribution is 6.84. The van der Waals surface area contributed by atoms with Gasteiger partial charge in [0.2, 0.25) is 0 Å². The molecule has 0 radical (unpaired) electrons. The molecule has 0 aromatic heterocycles. The molecule has 2 atom stereocenters. The van der Waals surface area contributed by atoms with Crippen LogP contribution in [-0.4, -0.2) is 16.1 Å². The average Bonchev–Trinajstić information content (AvgIpc) is 2.94. The zero-order chi connectivity index (χ0) is 28.0. The van der Waals surface area contributed by atoms with Crippen molar-refractivity contribution in [3.05, 3.63) is 71.8 Å². The lowest BCUT2D eigenvalue weighted by molar-refractivity contribution is -0.169. The van der Waals surface area contributed by atoms with E-state index < -0.39 is 27.3 Å². The zero-order valence-electron chi connectivity index (χ0n) is 25.4. The number of ether oxygens (including phenoxy) is 1. The monoisotopic (exact) mass is 554 g/mol. The van der Waals surface area contributed by atoms with Gasteiger partial charge in [-0.3, -0.25) is 0 Å². The molecule has 39 heavy (non-hydrogen) atoms. The van der Waals surface area contributed by atoms with Crippen LogP contribution in [0.25, 0.3) is 0 Å². The summed E-state index contributed by atoms with van der Waals surface area (Å²) in [6.45, 7) is 14.1. The van der Waals surface area contributed by atoms with Gasteiger partial charge in [-0.15, -0.1) is 11.1 Å². The van der Waals surface area contributed by atoms with Crippen LogP contribution in [0.3, 0.4) is 0 Å². The number of hydrogen-bond acceptors (Lipinski definition) is 1. The van der Waals surface area contributed by atoms with Crippen molar-refractivity contribution in [1.29, 1.82) is 0 Å². The molecule has 2 unspecified atom stereocenters. The summed E-state index contributed by atoms with van der Waals surface area (Å²) >= 11 is 0. The first-order chi connectivity index (χ1) is 18.5. The molecule has 2 fully saturated rings. The van der Waals surface area contributed by atoms with E-state index in [1.165, 1.54) is 49.7 Å². The first-order valence-electron chi connectivity index (χ1n) is 15.4. The largest absolute Gasteiger partial charge is 0.334 e. The first-order valence-corrected chi connectivity index (χ1v) is 22.4. The van der Waals surface area contributed by atoms with Gasteiger partial charge in [-0.05, 0) is 36.8 Å². The van der Waals surface area contributed by atoms with E-state index >= 15 is 0 Å². The zero-order valence-corrected chi connectivity index (χ0v) is 27.4. The van der Waals surface area contributed by atoms with Gasteiger partial charge in [0.15, 0.2) is 11.2 Å². The van der Waals surface area contributed by atoms with E-state index in [4.69, 9.17) is 4.74 Å². The molecule has 0 bridgehead atoms. The molecule has 2 aromatic carbocycles. The smallest absolute Gasteiger partial charge is 0.158 e. The fourth-order valence-corrected chi connectivity index (χ4v) is 7.48. The third-order valence-corrected chi connectivity index (χ3v) is 10.1. The van der Waals surface area contributed by atoms with Crippen LogP contribution in [-0.2, 0) is 15.9 Å². The molecule has 4 rings (SSSR count). The second-order valence-electron chi connectivity index (χ2n) is 14.0. The normalized spacial score (nSPS) is 20.5. The van der Waals surface area contributed by atoms with Crippen molar-refractivity contribution < 1.29 is 4.74 Å². The van der Waals surface area contributed by atoms with Gasteiger partial charge in [-0.25, -0.2) is 0 Å². The summed E-state index contributed by atoms with van der Waals surface area (Å²) in [7, 11) is -3.35. The van der Waals surface area contributed by atoms with E-state index in [9.17, 15) is 0 Å². The minimum Gasteiger partial charge on any atom is -0.334 e. The van der Waals surface area contributed by atoms with Gasteiger partial charge in [0, 0.05) is 11.8 Å². The van der Waals surface area contributed by atoms with Gasteiger partial charge >= 0.3 is 0 Å². The van der Waals surface area contributed by atoms with E-state index in [0.717, 1.165) is 25.7 Å². The molecule has 2 saturated carbocycles. The summed E-state index contributed by atoms with van der Waals surface area (Å²) in [4.78, 5) is 0. The molecule has 0 heterocycles. The van der Waals surface area contributed by atoms with Crippen molar-refractivity contribution in [3.63, 3.8) is 0 Å². The maximum Gasteiger partial charge on any atom is 0.158 e. The molecule has 0 saturated heterocycles. The van der Waals surface area contributed by atoms with Gasteiger partial charge in [0.25, 0.3) is 0 Å². The predicted octanol–water partition coefficient (Wildman–Crippen LogP) is 9.72. The fourth-order valence-electron chi connectivity index (χ4n) is 6.36. The minimum atomic E-state index is -1.68. The summed E-state index contributed by atoms with van der Waals surface area (Å²) in [5.74, 6) is 8.63. The van der Waals surface area contributed by atoms with Gasteiger partial charge in [-0.1, -0.05) is 150 Å². The van der Waals surface area contributed by atoms with Crippen LogP contribution >= 0.6 is 0 Å². The summed E-state index contributed by atoms with van der Waals surface area (Å²) in [6, 6.07) is 22.0. The standard InChI is InChI=1S/C36H50OSi2/c1-38(2,3)29-27-35(31-19-11-7-12-20-31,32-21-13-8-14-22-32)37-36(28-30-39(4,5)6,33-23-15-9-16-24-33)34-25-17-10-18-26-34/h7,9,11-12,15-16,19-20,23-24,32,34H,8,10,13-14,17-18,21-22,25-26H2,1-6H3. The minimum absolute atomic E-state index is 0.359. The summed E-state index contributed by atoms with van der Waals surface area (Å²) in [5, 5.41) is 0. The van der Waals surface area contributed by atoms with Gasteiger partial charge in [-0.2, -0.15) is 0 Å². The first kappa shape index (κ1) is 29.9. The lowest BCUT2D eigenvalue weighted by Crippen LogP contribution is -2.49.